The van der Waals surface area contributed by atoms with Crippen LogP contribution in [0.5, 0.6) is 0 Å². The molecule has 1 aromatic heterocycles. The Morgan fingerprint density at radius 2 is 2.05 bits per heavy atom. The maximum atomic E-state index is 13.6. The van der Waals surface area contributed by atoms with Crippen molar-refractivity contribution >= 4 is 11.7 Å². The molecule has 0 atom stereocenters. The summed E-state index contributed by atoms with van der Waals surface area (Å²) in [5, 5.41) is 2.71. The van der Waals surface area contributed by atoms with Crippen LogP contribution in [-0.2, 0) is 11.3 Å². The lowest BCUT2D eigenvalue weighted by Crippen LogP contribution is -2.02. The van der Waals surface area contributed by atoms with Gasteiger partial charge in [-0.1, -0.05) is 0 Å². The van der Waals surface area contributed by atoms with Crippen LogP contribution in [0.3, 0.4) is 0 Å². The molecular formula is C14H13F2NO3. The van der Waals surface area contributed by atoms with Crippen molar-refractivity contribution < 1.29 is 22.7 Å². The SMILES string of the molecule is COC(=O)c1ccc(CNc2cc(F)c(C)cc2F)o1. The van der Waals surface area contributed by atoms with Gasteiger partial charge in [-0.25, -0.2) is 13.6 Å². The number of carbonyl (C=O) groups is 1. The summed E-state index contributed by atoms with van der Waals surface area (Å²) in [5.41, 5.74) is 0.267. The molecule has 6 heteroatoms. The van der Waals surface area contributed by atoms with E-state index in [0.29, 0.717) is 5.76 Å². The maximum Gasteiger partial charge on any atom is 0.373 e. The van der Waals surface area contributed by atoms with E-state index in [9.17, 15) is 13.6 Å². The molecule has 0 bridgehead atoms. The number of methoxy groups -OCH3 is 1. The third-order valence-corrected chi connectivity index (χ3v) is 2.75. The van der Waals surface area contributed by atoms with Gasteiger partial charge in [-0.3, -0.25) is 0 Å². The van der Waals surface area contributed by atoms with Crippen LogP contribution in [0, 0.1) is 18.6 Å². The summed E-state index contributed by atoms with van der Waals surface area (Å²) in [6.45, 7) is 1.60. The van der Waals surface area contributed by atoms with Crippen LogP contribution < -0.4 is 5.32 Å². The highest BCUT2D eigenvalue weighted by molar-refractivity contribution is 5.86. The predicted molar refractivity (Wildman–Crippen MR) is 68.5 cm³/mol. The minimum atomic E-state index is -0.594. The van der Waals surface area contributed by atoms with E-state index in [1.165, 1.54) is 20.1 Å². The number of ether oxygens (including phenoxy) is 1. The Labute approximate surface area is 114 Å². The molecule has 0 aliphatic heterocycles. The van der Waals surface area contributed by atoms with Crippen molar-refractivity contribution in [2.24, 2.45) is 0 Å². The Bertz CT molecular complexity index is 637. The number of rotatable bonds is 4. The van der Waals surface area contributed by atoms with Gasteiger partial charge in [-0.2, -0.15) is 0 Å². The summed E-state index contributed by atoms with van der Waals surface area (Å²) in [6, 6.07) is 5.20. The first-order chi connectivity index (χ1) is 9.51. The van der Waals surface area contributed by atoms with Crippen LogP contribution in [0.4, 0.5) is 14.5 Å². The van der Waals surface area contributed by atoms with E-state index in [1.807, 2.05) is 0 Å². The molecule has 0 saturated heterocycles. The minimum Gasteiger partial charge on any atom is -0.463 e. The molecule has 0 aliphatic rings. The fourth-order valence-electron chi connectivity index (χ4n) is 1.65. The van der Waals surface area contributed by atoms with Crippen molar-refractivity contribution in [1.82, 2.24) is 0 Å². The topological polar surface area (TPSA) is 51.5 Å². The summed E-state index contributed by atoms with van der Waals surface area (Å²) in [5.74, 6) is -1.18. The van der Waals surface area contributed by atoms with Crippen LogP contribution >= 0.6 is 0 Å². The molecule has 0 radical (unpaired) electrons. The Morgan fingerprint density at radius 1 is 1.30 bits per heavy atom. The van der Waals surface area contributed by atoms with Gasteiger partial charge in [0, 0.05) is 6.07 Å². The molecule has 20 heavy (non-hydrogen) atoms. The third kappa shape index (κ3) is 2.96. The van der Waals surface area contributed by atoms with Crippen molar-refractivity contribution in [3.63, 3.8) is 0 Å². The first-order valence-electron chi connectivity index (χ1n) is 5.88. The molecule has 2 rings (SSSR count). The van der Waals surface area contributed by atoms with Gasteiger partial charge in [0.2, 0.25) is 5.76 Å². The van der Waals surface area contributed by atoms with Crippen LogP contribution in [0.25, 0.3) is 0 Å². The van der Waals surface area contributed by atoms with Crippen LogP contribution in [0.1, 0.15) is 21.9 Å². The highest BCUT2D eigenvalue weighted by Gasteiger charge is 2.12. The summed E-state index contributed by atoms with van der Waals surface area (Å²) < 4.78 is 36.6. The molecule has 0 fully saturated rings. The molecule has 1 N–H and O–H groups in total. The first-order valence-corrected chi connectivity index (χ1v) is 5.88. The van der Waals surface area contributed by atoms with E-state index in [0.717, 1.165) is 12.1 Å². The Balaban J connectivity index is 2.07. The van der Waals surface area contributed by atoms with E-state index < -0.39 is 17.6 Å². The second-order valence-electron chi connectivity index (χ2n) is 4.19. The van der Waals surface area contributed by atoms with Crippen molar-refractivity contribution in [2.75, 3.05) is 12.4 Å². The molecule has 0 amide bonds. The quantitative estimate of drug-likeness (QED) is 0.874. The number of hydrogen-bond donors (Lipinski definition) is 1. The lowest BCUT2D eigenvalue weighted by atomic mass is 10.2. The average Bonchev–Trinajstić information content (AvgIpc) is 2.89. The van der Waals surface area contributed by atoms with Gasteiger partial charge in [0.05, 0.1) is 19.3 Å². The zero-order valence-corrected chi connectivity index (χ0v) is 11.0. The second kappa shape index (κ2) is 5.73. The number of esters is 1. The van der Waals surface area contributed by atoms with Crippen molar-refractivity contribution in [3.05, 3.63) is 53.0 Å². The lowest BCUT2D eigenvalue weighted by Gasteiger charge is -2.07. The van der Waals surface area contributed by atoms with Crippen molar-refractivity contribution in [3.8, 4) is 0 Å². The molecule has 0 saturated carbocycles. The van der Waals surface area contributed by atoms with E-state index >= 15 is 0 Å². The summed E-state index contributed by atoms with van der Waals surface area (Å²) in [4.78, 5) is 11.2. The summed E-state index contributed by atoms with van der Waals surface area (Å²) >= 11 is 0. The second-order valence-corrected chi connectivity index (χ2v) is 4.19. The van der Waals surface area contributed by atoms with E-state index in [1.54, 1.807) is 6.07 Å². The van der Waals surface area contributed by atoms with Gasteiger partial charge in [0.25, 0.3) is 0 Å². The Hall–Kier alpha value is -2.37. The number of benzene rings is 1. The number of hydrogen-bond acceptors (Lipinski definition) is 4. The summed E-state index contributed by atoms with van der Waals surface area (Å²) in [7, 11) is 1.24. The third-order valence-electron chi connectivity index (χ3n) is 2.75. The number of anilines is 1. The van der Waals surface area contributed by atoms with Gasteiger partial charge < -0.3 is 14.5 Å². The van der Waals surface area contributed by atoms with Crippen molar-refractivity contribution in [1.29, 1.82) is 0 Å². The standard InChI is InChI=1S/C14H13F2NO3/c1-8-5-11(16)12(6-10(8)15)17-7-9-3-4-13(20-9)14(18)19-2/h3-6,17H,7H2,1-2H3. The summed E-state index contributed by atoms with van der Waals surface area (Å²) in [6.07, 6.45) is 0. The van der Waals surface area contributed by atoms with Gasteiger partial charge in [-0.05, 0) is 30.7 Å². The molecule has 2 aromatic rings. The monoisotopic (exact) mass is 281 g/mol. The Kier molecular flexibility index (Phi) is 4.02. The van der Waals surface area contributed by atoms with E-state index in [2.05, 4.69) is 10.1 Å². The fraction of sp³-hybridized carbons (Fsp3) is 0.214. The van der Waals surface area contributed by atoms with E-state index in [4.69, 9.17) is 4.42 Å². The predicted octanol–water partition coefficient (Wildman–Crippen LogP) is 3.26. The molecule has 1 aromatic carbocycles. The molecule has 0 aliphatic carbocycles. The molecule has 106 valence electrons. The van der Waals surface area contributed by atoms with Crippen LogP contribution in [0.2, 0.25) is 0 Å². The van der Waals surface area contributed by atoms with Gasteiger partial charge in [0.15, 0.2) is 0 Å². The van der Waals surface area contributed by atoms with Gasteiger partial charge >= 0.3 is 5.97 Å². The van der Waals surface area contributed by atoms with Gasteiger partial charge in [0.1, 0.15) is 17.4 Å². The zero-order chi connectivity index (χ0) is 14.7. The lowest BCUT2D eigenvalue weighted by molar-refractivity contribution is 0.0563. The molecule has 0 spiro atoms. The molecular weight excluding hydrogens is 268 g/mol. The largest absolute Gasteiger partial charge is 0.463 e. The number of furan rings is 1. The average molecular weight is 281 g/mol. The molecule has 0 unspecified atom stereocenters. The molecule has 4 nitrogen and oxygen atoms in total. The highest BCUT2D eigenvalue weighted by atomic mass is 19.1. The van der Waals surface area contributed by atoms with Gasteiger partial charge in [-0.15, -0.1) is 0 Å². The smallest absolute Gasteiger partial charge is 0.373 e. The number of nitrogens with one attached hydrogen (secondary N) is 1. The minimum absolute atomic E-state index is 0.0316. The Morgan fingerprint density at radius 3 is 2.75 bits per heavy atom. The van der Waals surface area contributed by atoms with Crippen molar-refractivity contribution in [2.45, 2.75) is 13.5 Å². The number of carbonyl (C=O) groups excluding carboxylic acids is 1. The highest BCUT2D eigenvalue weighted by Crippen LogP contribution is 2.20. The fourth-order valence-corrected chi connectivity index (χ4v) is 1.65. The van der Waals surface area contributed by atoms with Crippen LogP contribution in [0.15, 0.2) is 28.7 Å². The molecule has 1 heterocycles. The zero-order valence-electron chi connectivity index (χ0n) is 11.0. The number of halogens is 2. The maximum absolute atomic E-state index is 13.6. The first kappa shape index (κ1) is 14.0. The normalized spacial score (nSPS) is 10.4. The van der Waals surface area contributed by atoms with Crippen LogP contribution in [-0.4, -0.2) is 13.1 Å². The van der Waals surface area contributed by atoms with E-state index in [-0.39, 0.29) is 23.6 Å². The number of aryl methyl sites for hydroxylation is 1.